The zero-order valence-electron chi connectivity index (χ0n) is 10.9. The molecule has 1 aromatic rings. The van der Waals surface area contributed by atoms with Crippen LogP contribution in [-0.2, 0) is 14.6 Å². The Kier molecular flexibility index (Phi) is 3.53. The van der Waals surface area contributed by atoms with Crippen LogP contribution in [0.3, 0.4) is 0 Å². The highest BCUT2D eigenvalue weighted by Gasteiger charge is 2.34. The lowest BCUT2D eigenvalue weighted by Gasteiger charge is -2.20. The quantitative estimate of drug-likeness (QED) is 0.791. The van der Waals surface area contributed by atoms with E-state index in [-0.39, 0.29) is 29.8 Å². The van der Waals surface area contributed by atoms with Crippen LogP contribution in [0.25, 0.3) is 0 Å². The number of carbonyl (C=O) groups excluding carboxylic acids is 2. The fraction of sp³-hybridized carbons (Fsp3) is 0.385. The molecule has 2 aliphatic heterocycles. The summed E-state index contributed by atoms with van der Waals surface area (Å²) in [6, 6.07) is 3.15. The minimum absolute atomic E-state index is 0.0541. The zero-order chi connectivity index (χ0) is 15.2. The van der Waals surface area contributed by atoms with Crippen LogP contribution in [0.5, 0.6) is 5.75 Å². The number of nitrogens with one attached hydrogen (secondary N) is 1. The zero-order valence-corrected chi connectivity index (χ0v) is 13.3. The van der Waals surface area contributed by atoms with Crippen LogP contribution in [0.4, 0.5) is 5.69 Å². The summed E-state index contributed by atoms with van der Waals surface area (Å²) in [6.07, 6.45) is 0.349. The van der Waals surface area contributed by atoms with E-state index < -0.39 is 15.8 Å². The van der Waals surface area contributed by atoms with E-state index in [1.165, 1.54) is 0 Å². The van der Waals surface area contributed by atoms with Crippen LogP contribution in [0.1, 0.15) is 16.8 Å². The Hall–Kier alpha value is -1.41. The second kappa shape index (κ2) is 5.10. The van der Waals surface area contributed by atoms with Crippen LogP contribution in [0.15, 0.2) is 16.6 Å². The maximum absolute atomic E-state index is 12.5. The Labute approximate surface area is 129 Å². The number of anilines is 1. The van der Waals surface area contributed by atoms with Gasteiger partial charge in [-0.1, -0.05) is 0 Å². The van der Waals surface area contributed by atoms with Crippen LogP contribution < -0.4 is 10.1 Å². The predicted molar refractivity (Wildman–Crippen MR) is 79.4 cm³/mol. The number of hydrogen-bond donors (Lipinski definition) is 1. The number of ether oxygens (including phenoxy) is 1. The molecule has 1 fully saturated rings. The Balaban J connectivity index is 1.92. The van der Waals surface area contributed by atoms with Gasteiger partial charge in [0.25, 0.3) is 5.91 Å². The van der Waals surface area contributed by atoms with E-state index in [2.05, 4.69) is 21.2 Å². The van der Waals surface area contributed by atoms with Gasteiger partial charge in [0.1, 0.15) is 5.75 Å². The fourth-order valence-corrected chi connectivity index (χ4v) is 4.79. The molecule has 0 spiro atoms. The highest BCUT2D eigenvalue weighted by atomic mass is 79.9. The number of Topliss-reactive ketones (excluding diaryl/α,β-unsaturated/α-hetero) is 1. The molecular weight excluding hydrogens is 362 g/mol. The molecule has 1 unspecified atom stereocenters. The summed E-state index contributed by atoms with van der Waals surface area (Å²) in [7, 11) is -3.11. The summed E-state index contributed by atoms with van der Waals surface area (Å²) >= 11 is 3.29. The Morgan fingerprint density at radius 2 is 2.14 bits per heavy atom. The van der Waals surface area contributed by atoms with Crippen molar-refractivity contribution in [2.24, 2.45) is 5.92 Å². The summed E-state index contributed by atoms with van der Waals surface area (Å²) < 4.78 is 28.8. The number of carbonyl (C=O) groups is 2. The summed E-state index contributed by atoms with van der Waals surface area (Å²) in [5.74, 6) is -0.614. The van der Waals surface area contributed by atoms with Crippen LogP contribution in [0, 0.1) is 5.92 Å². The molecule has 2 heterocycles. The van der Waals surface area contributed by atoms with Gasteiger partial charge in [0, 0.05) is 16.0 Å². The SMILES string of the molecule is O=C1COc2cc(C(=O)C3CCS(=O)(=O)C3)c(Br)cc2N1. The number of sulfone groups is 1. The average molecular weight is 374 g/mol. The monoisotopic (exact) mass is 373 g/mol. The van der Waals surface area contributed by atoms with Gasteiger partial charge in [0.05, 0.1) is 17.2 Å². The number of fused-ring (bicyclic) bond motifs is 1. The average Bonchev–Trinajstić information content (AvgIpc) is 2.77. The van der Waals surface area contributed by atoms with Crippen molar-refractivity contribution in [3.8, 4) is 5.75 Å². The first-order chi connectivity index (χ1) is 9.85. The molecule has 1 aromatic carbocycles. The van der Waals surface area contributed by atoms with E-state index in [0.29, 0.717) is 27.9 Å². The van der Waals surface area contributed by atoms with Gasteiger partial charge < -0.3 is 10.1 Å². The standard InChI is InChI=1S/C13H12BrNO5S/c14-9-4-10-11(20-5-12(16)15-10)3-8(9)13(17)7-1-2-21(18,19)6-7/h3-4,7H,1-2,5-6H2,(H,15,16). The first-order valence-corrected chi connectivity index (χ1v) is 8.98. The normalized spacial score (nSPS) is 23.1. The van der Waals surface area contributed by atoms with Crippen molar-refractivity contribution in [1.82, 2.24) is 0 Å². The molecule has 1 saturated heterocycles. The molecule has 21 heavy (non-hydrogen) atoms. The third kappa shape index (κ3) is 2.82. The van der Waals surface area contributed by atoms with E-state index in [1.54, 1.807) is 12.1 Å². The molecule has 1 atom stereocenters. The van der Waals surface area contributed by atoms with Gasteiger partial charge in [0.15, 0.2) is 22.2 Å². The molecule has 6 nitrogen and oxygen atoms in total. The van der Waals surface area contributed by atoms with Crippen molar-refractivity contribution in [3.05, 3.63) is 22.2 Å². The highest BCUT2D eigenvalue weighted by Crippen LogP contribution is 2.35. The third-order valence-corrected chi connectivity index (χ3v) is 5.99. The Morgan fingerprint density at radius 3 is 2.81 bits per heavy atom. The van der Waals surface area contributed by atoms with Gasteiger partial charge in [0.2, 0.25) is 0 Å². The third-order valence-electron chi connectivity index (χ3n) is 3.57. The van der Waals surface area contributed by atoms with Gasteiger partial charge in [-0.3, -0.25) is 9.59 Å². The van der Waals surface area contributed by atoms with Crippen molar-refractivity contribution in [2.45, 2.75) is 6.42 Å². The molecule has 0 bridgehead atoms. The first-order valence-electron chi connectivity index (χ1n) is 6.36. The van der Waals surface area contributed by atoms with Crippen LogP contribution in [0.2, 0.25) is 0 Å². The summed E-state index contributed by atoms with van der Waals surface area (Å²) in [5.41, 5.74) is 0.876. The van der Waals surface area contributed by atoms with Crippen molar-refractivity contribution in [1.29, 1.82) is 0 Å². The number of benzene rings is 1. The summed E-state index contributed by atoms with van der Waals surface area (Å²) in [5, 5.41) is 2.65. The number of hydrogen-bond acceptors (Lipinski definition) is 5. The molecule has 3 rings (SSSR count). The van der Waals surface area contributed by atoms with Crippen LogP contribution >= 0.6 is 15.9 Å². The van der Waals surface area contributed by atoms with Gasteiger partial charge in [-0.25, -0.2) is 8.42 Å². The maximum Gasteiger partial charge on any atom is 0.262 e. The topological polar surface area (TPSA) is 89.5 Å². The van der Waals surface area contributed by atoms with Gasteiger partial charge in [-0.2, -0.15) is 0 Å². The van der Waals surface area contributed by atoms with Crippen molar-refractivity contribution >= 4 is 43.1 Å². The summed E-state index contributed by atoms with van der Waals surface area (Å²) in [4.78, 5) is 23.7. The lowest BCUT2D eigenvalue weighted by atomic mass is 9.96. The van der Waals surface area contributed by atoms with E-state index in [4.69, 9.17) is 4.74 Å². The number of halogens is 1. The van der Waals surface area contributed by atoms with Crippen molar-refractivity contribution < 1.29 is 22.7 Å². The molecule has 1 amide bonds. The number of amides is 1. The Morgan fingerprint density at radius 1 is 1.38 bits per heavy atom. The summed E-state index contributed by atoms with van der Waals surface area (Å²) in [6.45, 7) is -0.0972. The van der Waals surface area contributed by atoms with Crippen LogP contribution in [-0.4, -0.2) is 38.2 Å². The number of rotatable bonds is 2. The molecule has 112 valence electrons. The minimum atomic E-state index is -3.11. The van der Waals surface area contributed by atoms with E-state index >= 15 is 0 Å². The lowest BCUT2D eigenvalue weighted by Crippen LogP contribution is -2.26. The largest absolute Gasteiger partial charge is 0.482 e. The molecule has 0 aromatic heterocycles. The first kappa shape index (κ1) is 14.5. The van der Waals surface area contributed by atoms with E-state index in [0.717, 1.165) is 0 Å². The van der Waals surface area contributed by atoms with Gasteiger partial charge in [-0.05, 0) is 34.5 Å². The van der Waals surface area contributed by atoms with Crippen molar-refractivity contribution in [2.75, 3.05) is 23.4 Å². The smallest absolute Gasteiger partial charge is 0.262 e. The molecule has 0 radical (unpaired) electrons. The molecule has 1 N–H and O–H groups in total. The van der Waals surface area contributed by atoms with E-state index in [1.807, 2.05) is 0 Å². The lowest BCUT2D eigenvalue weighted by molar-refractivity contribution is -0.118. The molecule has 8 heteroatoms. The van der Waals surface area contributed by atoms with E-state index in [9.17, 15) is 18.0 Å². The maximum atomic E-state index is 12.5. The second-order valence-electron chi connectivity index (χ2n) is 5.13. The Bertz CT molecular complexity index is 743. The molecule has 2 aliphatic rings. The molecular formula is C13H12BrNO5S. The second-order valence-corrected chi connectivity index (χ2v) is 8.21. The predicted octanol–water partition coefficient (Wildman–Crippen LogP) is 1.40. The minimum Gasteiger partial charge on any atom is -0.482 e. The molecule has 0 aliphatic carbocycles. The van der Waals surface area contributed by atoms with Gasteiger partial charge in [-0.15, -0.1) is 0 Å². The number of ketones is 1. The highest BCUT2D eigenvalue weighted by molar-refractivity contribution is 9.10. The van der Waals surface area contributed by atoms with Gasteiger partial charge >= 0.3 is 0 Å². The molecule has 0 saturated carbocycles. The van der Waals surface area contributed by atoms with Crippen molar-refractivity contribution in [3.63, 3.8) is 0 Å². The fourth-order valence-electron chi connectivity index (χ4n) is 2.51.